The molecule has 0 saturated carbocycles. The van der Waals surface area contributed by atoms with E-state index in [4.69, 9.17) is 0 Å². The van der Waals surface area contributed by atoms with Gasteiger partial charge in [-0.3, -0.25) is 23.9 Å². The molecular weight excluding hydrogens is 584 g/mol. The SMILES string of the molecule is C=C(CC(C)O)NC1CC(=O)N(c2ccc3c(=O)c(C(=O)NC(CC)C(F)(F)F)cn(-c4c(F)cc(F)cc4F)c3n2)C1. The molecule has 0 spiro atoms. The largest absolute Gasteiger partial charge is 0.408 e. The Morgan fingerprint density at radius 3 is 2.42 bits per heavy atom. The molecule has 15 heteroatoms. The number of carbonyl (C=O) groups is 2. The highest BCUT2D eigenvalue weighted by atomic mass is 19.4. The summed E-state index contributed by atoms with van der Waals surface area (Å²) < 4.78 is 84.2. The number of nitrogens with zero attached hydrogens (tertiary/aromatic N) is 3. The maximum atomic E-state index is 15.0. The molecule has 1 aliphatic heterocycles. The van der Waals surface area contributed by atoms with E-state index in [0.717, 1.165) is 13.0 Å². The topological polar surface area (TPSA) is 117 Å². The number of halogens is 6. The number of hydrogen-bond donors (Lipinski definition) is 3. The van der Waals surface area contributed by atoms with Gasteiger partial charge in [0.05, 0.1) is 17.5 Å². The van der Waals surface area contributed by atoms with Gasteiger partial charge < -0.3 is 15.7 Å². The highest BCUT2D eigenvalue weighted by Crippen LogP contribution is 2.28. The number of hydrogen-bond acceptors (Lipinski definition) is 6. The number of carbonyl (C=O) groups excluding carboxylic acids is 2. The number of benzene rings is 1. The van der Waals surface area contributed by atoms with Crippen molar-refractivity contribution in [1.29, 1.82) is 0 Å². The van der Waals surface area contributed by atoms with Crippen molar-refractivity contribution in [2.75, 3.05) is 11.4 Å². The zero-order valence-electron chi connectivity index (χ0n) is 22.9. The second-order valence-corrected chi connectivity index (χ2v) is 10.2. The lowest BCUT2D eigenvalue weighted by Crippen LogP contribution is -2.46. The van der Waals surface area contributed by atoms with Crippen LogP contribution in [0.25, 0.3) is 16.7 Å². The Hall–Kier alpha value is -4.40. The van der Waals surface area contributed by atoms with Gasteiger partial charge in [0.15, 0.2) is 17.3 Å². The molecule has 0 aliphatic carbocycles. The normalized spacial score (nSPS) is 16.8. The Bertz CT molecular complexity index is 1630. The second kappa shape index (κ2) is 12.1. The summed E-state index contributed by atoms with van der Waals surface area (Å²) >= 11 is 0. The summed E-state index contributed by atoms with van der Waals surface area (Å²) in [5.41, 5.74) is -2.90. The van der Waals surface area contributed by atoms with E-state index in [2.05, 4.69) is 16.9 Å². The minimum absolute atomic E-state index is 0.00345. The molecule has 3 aromatic rings. The van der Waals surface area contributed by atoms with E-state index in [1.165, 1.54) is 11.0 Å². The fourth-order valence-electron chi connectivity index (χ4n) is 4.82. The molecule has 9 nitrogen and oxygen atoms in total. The maximum absolute atomic E-state index is 15.0. The van der Waals surface area contributed by atoms with Crippen LogP contribution in [-0.2, 0) is 4.79 Å². The molecule has 3 heterocycles. The smallest absolute Gasteiger partial charge is 0.393 e. The number of aliphatic hydroxyl groups excluding tert-OH is 1. The molecule has 0 bridgehead atoms. The van der Waals surface area contributed by atoms with Crippen LogP contribution in [0.5, 0.6) is 0 Å². The van der Waals surface area contributed by atoms with Crippen molar-refractivity contribution >= 4 is 28.7 Å². The average molecular weight is 612 g/mol. The van der Waals surface area contributed by atoms with Gasteiger partial charge in [-0.1, -0.05) is 13.5 Å². The molecule has 3 unspecified atom stereocenters. The standard InChI is InChI=1S/C28H27F6N5O4/c1-4-21(28(32,33)34)36-27(43)18-12-39(24-19(30)8-15(29)9-20(24)31)26-17(25(18)42)5-6-22(37-26)38-11-16(10-23(38)41)35-13(2)7-14(3)40/h5-6,8-9,12,14,16,21,35,40H,2,4,7,10-11H2,1,3H3,(H,36,43). The van der Waals surface area contributed by atoms with E-state index in [-0.39, 0.29) is 25.2 Å². The molecule has 1 aromatic carbocycles. The summed E-state index contributed by atoms with van der Waals surface area (Å²) in [6.07, 6.45) is -5.22. The van der Waals surface area contributed by atoms with Gasteiger partial charge in [0.25, 0.3) is 5.91 Å². The quantitative estimate of drug-likeness (QED) is 0.317. The first kappa shape index (κ1) is 31.5. The molecule has 1 saturated heterocycles. The van der Waals surface area contributed by atoms with Gasteiger partial charge in [-0.15, -0.1) is 0 Å². The van der Waals surface area contributed by atoms with E-state index in [9.17, 15) is 45.8 Å². The van der Waals surface area contributed by atoms with Gasteiger partial charge in [-0.2, -0.15) is 13.2 Å². The highest BCUT2D eigenvalue weighted by molar-refractivity contribution is 5.99. The van der Waals surface area contributed by atoms with Crippen molar-refractivity contribution in [2.45, 2.75) is 57.5 Å². The monoisotopic (exact) mass is 611 g/mol. The van der Waals surface area contributed by atoms with Crippen LogP contribution >= 0.6 is 0 Å². The number of nitrogens with one attached hydrogen (secondary N) is 2. The van der Waals surface area contributed by atoms with Crippen LogP contribution in [0.2, 0.25) is 0 Å². The predicted octanol–water partition coefficient (Wildman–Crippen LogP) is 3.85. The Balaban J connectivity index is 1.84. The van der Waals surface area contributed by atoms with E-state index < -0.39 is 87.8 Å². The molecule has 230 valence electrons. The maximum Gasteiger partial charge on any atom is 0.408 e. The number of fused-ring (bicyclic) bond motifs is 1. The van der Waals surface area contributed by atoms with Gasteiger partial charge in [0.1, 0.15) is 28.9 Å². The van der Waals surface area contributed by atoms with Crippen LogP contribution in [0, 0.1) is 17.5 Å². The van der Waals surface area contributed by atoms with Crippen LogP contribution in [0.3, 0.4) is 0 Å². The molecule has 2 amide bonds. The fourth-order valence-corrected chi connectivity index (χ4v) is 4.82. The molecule has 4 rings (SSSR count). The van der Waals surface area contributed by atoms with Crippen molar-refractivity contribution in [1.82, 2.24) is 20.2 Å². The van der Waals surface area contributed by atoms with Gasteiger partial charge in [-0.25, -0.2) is 18.2 Å². The van der Waals surface area contributed by atoms with Gasteiger partial charge >= 0.3 is 6.18 Å². The molecule has 2 aromatic heterocycles. The first-order valence-corrected chi connectivity index (χ1v) is 13.1. The summed E-state index contributed by atoms with van der Waals surface area (Å²) in [5, 5.41) is 13.9. The molecular formula is C28H27F6N5O4. The lowest BCUT2D eigenvalue weighted by Gasteiger charge is -2.21. The van der Waals surface area contributed by atoms with Crippen molar-refractivity contribution in [3.8, 4) is 5.69 Å². The fraction of sp³-hybridized carbons (Fsp3) is 0.357. The Morgan fingerprint density at radius 2 is 1.84 bits per heavy atom. The highest BCUT2D eigenvalue weighted by Gasteiger charge is 2.40. The molecule has 1 fully saturated rings. The first-order chi connectivity index (χ1) is 20.1. The van der Waals surface area contributed by atoms with Crippen LogP contribution in [0.15, 0.2) is 47.5 Å². The van der Waals surface area contributed by atoms with Crippen LogP contribution in [-0.4, -0.2) is 57.4 Å². The summed E-state index contributed by atoms with van der Waals surface area (Å²) in [6, 6.07) is 0.280. The molecule has 43 heavy (non-hydrogen) atoms. The molecule has 1 aliphatic rings. The Morgan fingerprint density at radius 1 is 1.19 bits per heavy atom. The molecule has 3 atom stereocenters. The van der Waals surface area contributed by atoms with Crippen LogP contribution in [0.4, 0.5) is 32.2 Å². The summed E-state index contributed by atoms with van der Waals surface area (Å²) in [7, 11) is 0. The first-order valence-electron chi connectivity index (χ1n) is 13.1. The number of pyridine rings is 2. The third-order valence-corrected chi connectivity index (χ3v) is 6.76. The number of aliphatic hydroxyl groups is 1. The van der Waals surface area contributed by atoms with E-state index in [1.54, 1.807) is 12.2 Å². The van der Waals surface area contributed by atoms with E-state index in [0.29, 0.717) is 28.6 Å². The zero-order valence-corrected chi connectivity index (χ0v) is 22.9. The predicted molar refractivity (Wildman–Crippen MR) is 144 cm³/mol. The number of alkyl halides is 3. The van der Waals surface area contributed by atoms with Crippen molar-refractivity contribution in [3.05, 3.63) is 76.0 Å². The minimum atomic E-state index is -4.84. The number of anilines is 1. The van der Waals surface area contributed by atoms with Crippen LogP contribution in [0.1, 0.15) is 43.5 Å². The van der Waals surface area contributed by atoms with Crippen molar-refractivity contribution in [2.24, 2.45) is 0 Å². The zero-order chi connectivity index (χ0) is 31.8. The second-order valence-electron chi connectivity index (χ2n) is 10.2. The van der Waals surface area contributed by atoms with Crippen molar-refractivity contribution in [3.63, 3.8) is 0 Å². The number of rotatable bonds is 9. The average Bonchev–Trinajstić information content (AvgIpc) is 3.25. The molecule has 0 radical (unpaired) electrons. The third-order valence-electron chi connectivity index (χ3n) is 6.76. The van der Waals surface area contributed by atoms with Gasteiger partial charge in [0.2, 0.25) is 11.3 Å². The number of amides is 2. The summed E-state index contributed by atoms with van der Waals surface area (Å²) in [5.74, 6) is -6.10. The van der Waals surface area contributed by atoms with Crippen LogP contribution < -0.4 is 21.0 Å². The van der Waals surface area contributed by atoms with E-state index >= 15 is 0 Å². The summed E-state index contributed by atoms with van der Waals surface area (Å²) in [4.78, 5) is 44.5. The number of aromatic nitrogens is 2. The minimum Gasteiger partial charge on any atom is -0.393 e. The lowest BCUT2D eigenvalue weighted by molar-refractivity contribution is -0.153. The summed E-state index contributed by atoms with van der Waals surface area (Å²) in [6.45, 7) is 6.61. The lowest BCUT2D eigenvalue weighted by atomic mass is 10.1. The van der Waals surface area contributed by atoms with Crippen molar-refractivity contribution < 1.29 is 41.0 Å². The Labute approximate surface area is 240 Å². The molecule has 3 N–H and O–H groups in total. The Kier molecular flexibility index (Phi) is 8.85. The van der Waals surface area contributed by atoms with E-state index in [1.807, 2.05) is 0 Å². The third kappa shape index (κ3) is 6.66. The van der Waals surface area contributed by atoms with Gasteiger partial charge in [0, 0.05) is 43.4 Å². The van der Waals surface area contributed by atoms with Gasteiger partial charge in [-0.05, 0) is 25.5 Å².